The minimum Gasteiger partial charge on any atom is -0.493 e. The highest BCUT2D eigenvalue weighted by atomic mass is 79.9. The summed E-state index contributed by atoms with van der Waals surface area (Å²) in [6.07, 6.45) is 1.78. The van der Waals surface area contributed by atoms with Crippen molar-refractivity contribution in [3.8, 4) is 5.75 Å². The van der Waals surface area contributed by atoms with Crippen LogP contribution in [0.1, 0.15) is 18.1 Å². The molecule has 0 aliphatic carbocycles. The average molecular weight is 468 g/mol. The topological polar surface area (TPSA) is 46.6 Å². The molecule has 1 saturated heterocycles. The van der Waals surface area contributed by atoms with Gasteiger partial charge in [-0.05, 0) is 59.3 Å². The maximum Gasteiger partial charge on any atom is 0.293 e. The highest BCUT2D eigenvalue weighted by molar-refractivity contribution is 9.10. The van der Waals surface area contributed by atoms with Gasteiger partial charge in [-0.1, -0.05) is 58.4 Å². The lowest BCUT2D eigenvalue weighted by atomic mass is 10.0. The molecular formula is C23H18BrNO3S. The van der Waals surface area contributed by atoms with Gasteiger partial charge in [-0.2, -0.15) is 0 Å². The largest absolute Gasteiger partial charge is 0.493 e. The van der Waals surface area contributed by atoms with Crippen molar-refractivity contribution in [2.24, 2.45) is 0 Å². The van der Waals surface area contributed by atoms with Crippen LogP contribution in [0.4, 0.5) is 4.79 Å². The zero-order valence-electron chi connectivity index (χ0n) is 15.7. The van der Waals surface area contributed by atoms with Gasteiger partial charge in [0.15, 0.2) is 0 Å². The Hall–Kier alpha value is -2.57. The van der Waals surface area contributed by atoms with E-state index in [4.69, 9.17) is 4.74 Å². The van der Waals surface area contributed by atoms with E-state index in [0.717, 1.165) is 38.1 Å². The number of imide groups is 1. The van der Waals surface area contributed by atoms with Gasteiger partial charge in [0.25, 0.3) is 11.1 Å². The average Bonchev–Trinajstić information content (AvgIpc) is 2.97. The molecule has 0 N–H and O–H groups in total. The summed E-state index contributed by atoms with van der Waals surface area (Å²) in [6.45, 7) is 2.68. The standard InChI is InChI=1S/C23H18BrNO3S/c1-2-28-20-11-10-16-7-3-4-9-18(16)19(20)13-21-22(26)25(23(27)29-21)14-15-6-5-8-17(24)12-15/h3-13H,2,14H2,1H3/b21-13+. The number of rotatable bonds is 5. The third-order valence-electron chi connectivity index (χ3n) is 4.61. The Labute approximate surface area is 181 Å². The first-order chi connectivity index (χ1) is 14.1. The minimum atomic E-state index is -0.282. The van der Waals surface area contributed by atoms with Crippen LogP contribution in [0.25, 0.3) is 16.8 Å². The van der Waals surface area contributed by atoms with Crippen molar-refractivity contribution in [2.45, 2.75) is 13.5 Å². The van der Waals surface area contributed by atoms with Gasteiger partial charge in [-0.15, -0.1) is 0 Å². The molecule has 1 heterocycles. The molecule has 0 spiro atoms. The fourth-order valence-electron chi connectivity index (χ4n) is 3.29. The quantitative estimate of drug-likeness (QED) is 0.416. The lowest BCUT2D eigenvalue weighted by molar-refractivity contribution is -0.123. The number of carbonyl (C=O) groups excluding carboxylic acids is 2. The molecule has 0 bridgehead atoms. The molecule has 0 unspecified atom stereocenters. The SMILES string of the molecule is CCOc1ccc2ccccc2c1/C=C1/SC(=O)N(Cc2cccc(Br)c2)C1=O. The molecule has 3 aromatic rings. The molecular weight excluding hydrogens is 450 g/mol. The first kappa shape index (κ1) is 19.7. The van der Waals surface area contributed by atoms with Gasteiger partial charge in [-0.25, -0.2) is 0 Å². The number of ether oxygens (including phenoxy) is 1. The predicted octanol–water partition coefficient (Wildman–Crippen LogP) is 6.24. The first-order valence-corrected chi connectivity index (χ1v) is 10.8. The van der Waals surface area contributed by atoms with Crippen molar-refractivity contribution in [3.05, 3.63) is 81.2 Å². The van der Waals surface area contributed by atoms with Crippen LogP contribution in [-0.4, -0.2) is 22.7 Å². The van der Waals surface area contributed by atoms with Gasteiger partial charge < -0.3 is 4.74 Å². The fraction of sp³-hybridized carbons (Fsp3) is 0.130. The van der Waals surface area contributed by atoms with E-state index < -0.39 is 0 Å². The molecule has 6 heteroatoms. The molecule has 0 aromatic heterocycles. The summed E-state index contributed by atoms with van der Waals surface area (Å²) in [5.41, 5.74) is 1.71. The van der Waals surface area contributed by atoms with E-state index >= 15 is 0 Å². The number of thioether (sulfide) groups is 1. The Morgan fingerprint density at radius 3 is 2.69 bits per heavy atom. The van der Waals surface area contributed by atoms with Crippen LogP contribution in [0.5, 0.6) is 5.75 Å². The van der Waals surface area contributed by atoms with Gasteiger partial charge in [0, 0.05) is 10.0 Å². The predicted molar refractivity (Wildman–Crippen MR) is 121 cm³/mol. The van der Waals surface area contributed by atoms with E-state index in [0.29, 0.717) is 17.3 Å². The maximum absolute atomic E-state index is 13.0. The molecule has 146 valence electrons. The fourth-order valence-corrected chi connectivity index (χ4v) is 4.56. The summed E-state index contributed by atoms with van der Waals surface area (Å²) in [7, 11) is 0. The van der Waals surface area contributed by atoms with E-state index in [1.807, 2.05) is 67.6 Å². The summed E-state index contributed by atoms with van der Waals surface area (Å²) < 4.78 is 6.70. The lowest BCUT2D eigenvalue weighted by Crippen LogP contribution is -2.27. The number of carbonyl (C=O) groups is 2. The molecule has 4 rings (SSSR count). The van der Waals surface area contributed by atoms with Crippen molar-refractivity contribution in [1.82, 2.24) is 4.90 Å². The summed E-state index contributed by atoms with van der Waals surface area (Å²) in [4.78, 5) is 27.2. The molecule has 29 heavy (non-hydrogen) atoms. The van der Waals surface area contributed by atoms with E-state index in [1.165, 1.54) is 4.90 Å². The van der Waals surface area contributed by atoms with E-state index in [1.54, 1.807) is 6.08 Å². The number of fused-ring (bicyclic) bond motifs is 1. The Kier molecular flexibility index (Phi) is 5.74. The van der Waals surface area contributed by atoms with Crippen molar-refractivity contribution in [2.75, 3.05) is 6.61 Å². The zero-order chi connectivity index (χ0) is 20.4. The molecule has 2 amide bonds. The summed E-state index contributed by atoms with van der Waals surface area (Å²) >= 11 is 4.39. The van der Waals surface area contributed by atoms with Gasteiger partial charge in [0.05, 0.1) is 18.1 Å². The zero-order valence-corrected chi connectivity index (χ0v) is 18.1. The monoisotopic (exact) mass is 467 g/mol. The highest BCUT2D eigenvalue weighted by Gasteiger charge is 2.35. The maximum atomic E-state index is 13.0. The molecule has 1 aliphatic rings. The van der Waals surface area contributed by atoms with Crippen LogP contribution in [0.2, 0.25) is 0 Å². The summed E-state index contributed by atoms with van der Waals surface area (Å²) in [5.74, 6) is 0.417. The van der Waals surface area contributed by atoms with Crippen LogP contribution < -0.4 is 4.74 Å². The highest BCUT2D eigenvalue weighted by Crippen LogP contribution is 2.37. The van der Waals surface area contributed by atoms with E-state index in [9.17, 15) is 9.59 Å². The smallest absolute Gasteiger partial charge is 0.293 e. The Balaban J connectivity index is 1.71. The van der Waals surface area contributed by atoms with Gasteiger partial charge in [0.2, 0.25) is 0 Å². The van der Waals surface area contributed by atoms with Crippen LogP contribution in [0.15, 0.2) is 70.0 Å². The molecule has 1 aliphatic heterocycles. The Bertz CT molecular complexity index is 1140. The van der Waals surface area contributed by atoms with Crippen LogP contribution in [-0.2, 0) is 11.3 Å². The van der Waals surface area contributed by atoms with Crippen molar-refractivity contribution >= 4 is 55.7 Å². The second-order valence-corrected chi connectivity index (χ2v) is 8.44. The van der Waals surface area contributed by atoms with E-state index in [2.05, 4.69) is 15.9 Å². The normalized spacial score (nSPS) is 15.5. The summed E-state index contributed by atoms with van der Waals surface area (Å²) in [5, 5.41) is 1.77. The Morgan fingerprint density at radius 1 is 1.07 bits per heavy atom. The number of amides is 2. The second kappa shape index (κ2) is 8.43. The third kappa shape index (κ3) is 4.09. The van der Waals surface area contributed by atoms with Gasteiger partial charge in [-0.3, -0.25) is 14.5 Å². The molecule has 3 aromatic carbocycles. The van der Waals surface area contributed by atoms with Crippen LogP contribution >= 0.6 is 27.7 Å². The number of halogens is 1. The lowest BCUT2D eigenvalue weighted by Gasteiger charge is -2.13. The number of hydrogen-bond donors (Lipinski definition) is 0. The molecule has 0 radical (unpaired) electrons. The number of nitrogens with zero attached hydrogens (tertiary/aromatic N) is 1. The molecule has 1 fully saturated rings. The third-order valence-corrected chi connectivity index (χ3v) is 6.01. The molecule has 0 saturated carbocycles. The number of benzene rings is 3. The second-order valence-electron chi connectivity index (χ2n) is 6.53. The molecule has 4 nitrogen and oxygen atoms in total. The first-order valence-electron chi connectivity index (χ1n) is 9.21. The van der Waals surface area contributed by atoms with Crippen LogP contribution in [0.3, 0.4) is 0 Å². The Morgan fingerprint density at radius 2 is 1.90 bits per heavy atom. The minimum absolute atomic E-state index is 0.245. The van der Waals surface area contributed by atoms with E-state index in [-0.39, 0.29) is 17.7 Å². The van der Waals surface area contributed by atoms with Crippen molar-refractivity contribution in [1.29, 1.82) is 0 Å². The van der Waals surface area contributed by atoms with Crippen molar-refractivity contribution in [3.63, 3.8) is 0 Å². The van der Waals surface area contributed by atoms with Gasteiger partial charge >= 0.3 is 0 Å². The number of hydrogen-bond acceptors (Lipinski definition) is 4. The molecule has 0 atom stereocenters. The van der Waals surface area contributed by atoms with Crippen LogP contribution in [0, 0.1) is 0 Å². The van der Waals surface area contributed by atoms with Gasteiger partial charge in [0.1, 0.15) is 5.75 Å². The van der Waals surface area contributed by atoms with Crippen molar-refractivity contribution < 1.29 is 14.3 Å². The summed E-state index contributed by atoms with van der Waals surface area (Å²) in [6, 6.07) is 19.4.